The summed E-state index contributed by atoms with van der Waals surface area (Å²) in [6.07, 6.45) is 4.60. The zero-order chi connectivity index (χ0) is 12.5. The van der Waals surface area contributed by atoms with Crippen molar-refractivity contribution in [3.05, 3.63) is 34.9 Å². The number of benzene rings is 1. The molecule has 5 heteroatoms. The number of nitrogens with one attached hydrogen (secondary N) is 2. The Morgan fingerprint density at radius 3 is 2.32 bits per heavy atom. The van der Waals surface area contributed by atoms with Gasteiger partial charge in [0.15, 0.2) is 0 Å². The lowest BCUT2D eigenvalue weighted by Crippen LogP contribution is -2.48. The average Bonchev–Trinajstić information content (AvgIpc) is 2.69. The minimum absolute atomic E-state index is 0. The largest absolute Gasteiger partial charge is 0.349 e. The van der Waals surface area contributed by atoms with Crippen LogP contribution < -0.4 is 10.6 Å². The zero-order valence-corrected chi connectivity index (χ0v) is 12.1. The molecule has 3 nitrogen and oxygen atoms in total. The molecule has 2 heterocycles. The molecule has 2 aliphatic heterocycles. The summed E-state index contributed by atoms with van der Waals surface area (Å²) in [6, 6.07) is 8.55. The van der Waals surface area contributed by atoms with Gasteiger partial charge in [-0.15, -0.1) is 12.4 Å². The van der Waals surface area contributed by atoms with Crippen LogP contribution in [0.4, 0.5) is 0 Å². The van der Waals surface area contributed by atoms with E-state index in [1.807, 2.05) is 0 Å². The van der Waals surface area contributed by atoms with Gasteiger partial charge in [0.05, 0.1) is 0 Å². The Morgan fingerprint density at radius 2 is 1.74 bits per heavy atom. The lowest BCUT2D eigenvalue weighted by Gasteiger charge is -2.29. The highest BCUT2D eigenvalue weighted by atomic mass is 35.5. The van der Waals surface area contributed by atoms with Gasteiger partial charge >= 0.3 is 0 Å². The normalized spacial score (nSPS) is 28.6. The summed E-state index contributed by atoms with van der Waals surface area (Å²) >= 11 is 5.81. The van der Waals surface area contributed by atoms with Gasteiger partial charge in [-0.1, -0.05) is 11.6 Å². The van der Waals surface area contributed by atoms with Crippen molar-refractivity contribution in [2.75, 3.05) is 0 Å². The molecule has 0 aromatic heterocycles. The number of halogens is 2. The number of carbonyl (C=O) groups excluding carboxylic acids is 1. The highest BCUT2D eigenvalue weighted by Crippen LogP contribution is 2.26. The summed E-state index contributed by atoms with van der Waals surface area (Å²) < 4.78 is 0. The molecule has 19 heavy (non-hydrogen) atoms. The SMILES string of the molecule is Cl.O=C(NC1CC2CCC(C1)N2)c1ccc(Cl)cc1. The second-order valence-corrected chi connectivity index (χ2v) is 5.72. The van der Waals surface area contributed by atoms with Gasteiger partial charge < -0.3 is 10.6 Å². The topological polar surface area (TPSA) is 41.1 Å². The molecule has 0 spiro atoms. The third kappa shape index (κ3) is 3.41. The van der Waals surface area contributed by atoms with E-state index < -0.39 is 0 Å². The Balaban J connectivity index is 0.00000133. The highest BCUT2D eigenvalue weighted by molar-refractivity contribution is 6.30. The molecule has 2 atom stereocenters. The van der Waals surface area contributed by atoms with E-state index in [1.54, 1.807) is 24.3 Å². The fourth-order valence-corrected chi connectivity index (χ4v) is 3.17. The van der Waals surface area contributed by atoms with Crippen LogP contribution in [0.1, 0.15) is 36.0 Å². The van der Waals surface area contributed by atoms with Crippen molar-refractivity contribution in [2.45, 2.75) is 43.8 Å². The number of hydrogen-bond acceptors (Lipinski definition) is 2. The molecule has 1 aromatic carbocycles. The third-order valence-electron chi connectivity index (χ3n) is 3.91. The van der Waals surface area contributed by atoms with Crippen LogP contribution in [0, 0.1) is 0 Å². The van der Waals surface area contributed by atoms with Gasteiger partial charge in [0.25, 0.3) is 5.91 Å². The minimum Gasteiger partial charge on any atom is -0.349 e. The van der Waals surface area contributed by atoms with E-state index in [0.717, 1.165) is 12.8 Å². The zero-order valence-electron chi connectivity index (χ0n) is 10.6. The molecule has 2 bridgehead atoms. The predicted octanol–water partition coefficient (Wildman–Crippen LogP) is 2.77. The van der Waals surface area contributed by atoms with Gasteiger partial charge in [0.1, 0.15) is 0 Å². The fraction of sp³-hybridized carbons (Fsp3) is 0.500. The van der Waals surface area contributed by atoms with Crippen molar-refractivity contribution in [3.8, 4) is 0 Å². The smallest absolute Gasteiger partial charge is 0.251 e. The van der Waals surface area contributed by atoms with Crippen molar-refractivity contribution in [1.82, 2.24) is 10.6 Å². The second kappa shape index (κ2) is 6.12. The molecule has 2 unspecified atom stereocenters. The Hall–Kier alpha value is -0.770. The van der Waals surface area contributed by atoms with E-state index in [1.165, 1.54) is 12.8 Å². The van der Waals surface area contributed by atoms with Gasteiger partial charge in [-0.05, 0) is 49.9 Å². The van der Waals surface area contributed by atoms with E-state index in [-0.39, 0.29) is 18.3 Å². The summed E-state index contributed by atoms with van der Waals surface area (Å²) in [5, 5.41) is 7.36. The maximum absolute atomic E-state index is 12.1. The maximum atomic E-state index is 12.1. The highest BCUT2D eigenvalue weighted by Gasteiger charge is 2.33. The molecule has 0 saturated carbocycles. The van der Waals surface area contributed by atoms with Crippen LogP contribution in [-0.2, 0) is 0 Å². The van der Waals surface area contributed by atoms with Crippen molar-refractivity contribution in [2.24, 2.45) is 0 Å². The Kier molecular flexibility index (Phi) is 4.71. The molecular weight excluding hydrogens is 283 g/mol. The second-order valence-electron chi connectivity index (χ2n) is 5.29. The van der Waals surface area contributed by atoms with Crippen molar-refractivity contribution in [1.29, 1.82) is 0 Å². The van der Waals surface area contributed by atoms with E-state index in [4.69, 9.17) is 11.6 Å². The molecular formula is C14H18Cl2N2O. The minimum atomic E-state index is 0. The molecule has 0 radical (unpaired) electrons. The van der Waals surface area contributed by atoms with Crippen LogP contribution in [-0.4, -0.2) is 24.0 Å². The van der Waals surface area contributed by atoms with Crippen LogP contribution in [0.3, 0.4) is 0 Å². The van der Waals surface area contributed by atoms with Crippen molar-refractivity contribution in [3.63, 3.8) is 0 Å². The van der Waals surface area contributed by atoms with Crippen LogP contribution in [0.2, 0.25) is 5.02 Å². The fourth-order valence-electron chi connectivity index (χ4n) is 3.05. The monoisotopic (exact) mass is 300 g/mol. The maximum Gasteiger partial charge on any atom is 0.251 e. The van der Waals surface area contributed by atoms with Crippen LogP contribution in [0.25, 0.3) is 0 Å². The standard InChI is InChI=1S/C14H17ClN2O.ClH/c15-10-3-1-9(2-4-10)14(18)17-13-7-11-5-6-12(8-13)16-11;/h1-4,11-13,16H,5-8H2,(H,17,18);1H. The number of carbonyl (C=O) groups is 1. The van der Waals surface area contributed by atoms with E-state index in [0.29, 0.717) is 28.7 Å². The van der Waals surface area contributed by atoms with Crippen molar-refractivity contribution < 1.29 is 4.79 Å². The van der Waals surface area contributed by atoms with Gasteiger partial charge in [0, 0.05) is 28.7 Å². The molecule has 1 amide bonds. The van der Waals surface area contributed by atoms with E-state index in [9.17, 15) is 4.79 Å². The molecule has 2 aliphatic rings. The molecule has 104 valence electrons. The van der Waals surface area contributed by atoms with Gasteiger partial charge in [-0.2, -0.15) is 0 Å². The molecule has 0 aliphatic carbocycles. The first-order valence-electron chi connectivity index (χ1n) is 6.53. The molecule has 2 saturated heterocycles. The third-order valence-corrected chi connectivity index (χ3v) is 4.17. The Bertz CT molecular complexity index is 437. The summed E-state index contributed by atoms with van der Waals surface area (Å²) in [4.78, 5) is 12.1. The number of amides is 1. The molecule has 2 N–H and O–H groups in total. The Labute approximate surface area is 124 Å². The molecule has 1 aromatic rings. The predicted molar refractivity (Wildman–Crippen MR) is 79.1 cm³/mol. The quantitative estimate of drug-likeness (QED) is 0.882. The number of fused-ring (bicyclic) bond motifs is 2. The Morgan fingerprint density at radius 1 is 1.16 bits per heavy atom. The number of piperidine rings is 1. The van der Waals surface area contributed by atoms with Gasteiger partial charge in [-0.3, -0.25) is 4.79 Å². The number of rotatable bonds is 2. The summed E-state index contributed by atoms with van der Waals surface area (Å²) in [7, 11) is 0. The lowest BCUT2D eigenvalue weighted by atomic mass is 9.99. The van der Waals surface area contributed by atoms with Crippen molar-refractivity contribution >= 4 is 29.9 Å². The summed E-state index contributed by atoms with van der Waals surface area (Å²) in [5.74, 6) is 0.0120. The van der Waals surface area contributed by atoms with Crippen LogP contribution in [0.15, 0.2) is 24.3 Å². The average molecular weight is 301 g/mol. The molecule has 3 rings (SSSR count). The van der Waals surface area contributed by atoms with Crippen LogP contribution in [0.5, 0.6) is 0 Å². The first-order valence-corrected chi connectivity index (χ1v) is 6.91. The van der Waals surface area contributed by atoms with E-state index >= 15 is 0 Å². The number of hydrogen-bond donors (Lipinski definition) is 2. The summed E-state index contributed by atoms with van der Waals surface area (Å²) in [5.41, 5.74) is 0.685. The molecule has 2 fully saturated rings. The lowest BCUT2D eigenvalue weighted by molar-refractivity contribution is 0.0924. The van der Waals surface area contributed by atoms with Gasteiger partial charge in [0.2, 0.25) is 0 Å². The van der Waals surface area contributed by atoms with Gasteiger partial charge in [-0.25, -0.2) is 0 Å². The van der Waals surface area contributed by atoms with Crippen LogP contribution >= 0.6 is 24.0 Å². The van der Waals surface area contributed by atoms with E-state index in [2.05, 4.69) is 10.6 Å². The first kappa shape index (κ1) is 14.6. The summed E-state index contributed by atoms with van der Waals surface area (Å²) in [6.45, 7) is 0. The first-order chi connectivity index (χ1) is 8.70.